The van der Waals surface area contributed by atoms with Gasteiger partial charge in [-0.2, -0.15) is 5.26 Å². The van der Waals surface area contributed by atoms with Crippen LogP contribution < -0.4 is 10.6 Å². The number of carbonyl (C=O) groups is 1. The van der Waals surface area contributed by atoms with Gasteiger partial charge in [0, 0.05) is 18.8 Å². The van der Waals surface area contributed by atoms with Crippen LogP contribution in [0.5, 0.6) is 0 Å². The number of thioether (sulfide) groups is 1. The highest BCUT2D eigenvalue weighted by Crippen LogP contribution is 2.22. The van der Waals surface area contributed by atoms with Crippen LogP contribution in [0.1, 0.15) is 40.0 Å². The normalized spacial score (nSPS) is 17.6. The molecule has 1 fully saturated rings. The van der Waals surface area contributed by atoms with E-state index >= 15 is 0 Å². The first kappa shape index (κ1) is 21.9. The molecule has 0 aliphatic carbocycles. The van der Waals surface area contributed by atoms with Crippen LogP contribution in [0.3, 0.4) is 0 Å². The first-order valence-corrected chi connectivity index (χ1v) is 10.7. The number of ether oxygens (including phenoxy) is 1. The Hall–Kier alpha value is -2.40. The van der Waals surface area contributed by atoms with E-state index < -0.39 is 5.60 Å². The van der Waals surface area contributed by atoms with Crippen LogP contribution in [0.25, 0.3) is 0 Å². The van der Waals surface area contributed by atoms with E-state index in [0.717, 1.165) is 37.2 Å². The minimum Gasteiger partial charge on any atom is -0.444 e. The number of amides is 1. The van der Waals surface area contributed by atoms with Gasteiger partial charge in [0.1, 0.15) is 5.60 Å². The van der Waals surface area contributed by atoms with Gasteiger partial charge >= 0.3 is 6.09 Å². The summed E-state index contributed by atoms with van der Waals surface area (Å²) in [6.45, 7) is 7.08. The molecule has 1 aliphatic rings. The molecule has 1 aromatic rings. The fourth-order valence-corrected chi connectivity index (χ4v) is 3.30. The van der Waals surface area contributed by atoms with Crippen LogP contribution in [-0.4, -0.2) is 47.1 Å². The molecule has 0 bridgehead atoms. The second kappa shape index (κ2) is 10.2. The molecule has 1 heterocycles. The predicted molar refractivity (Wildman–Crippen MR) is 115 cm³/mol. The zero-order valence-corrected chi connectivity index (χ0v) is 17.8. The van der Waals surface area contributed by atoms with E-state index in [9.17, 15) is 4.79 Å². The highest BCUT2D eigenvalue weighted by Gasteiger charge is 2.30. The van der Waals surface area contributed by atoms with E-state index in [-0.39, 0.29) is 12.1 Å². The molecule has 1 amide bonds. The van der Waals surface area contributed by atoms with Crippen molar-refractivity contribution in [1.82, 2.24) is 10.2 Å². The fraction of sp³-hybridized carbons (Fsp3) is 0.550. The van der Waals surface area contributed by atoms with E-state index in [1.165, 1.54) is 11.8 Å². The Morgan fingerprint density at radius 3 is 2.68 bits per heavy atom. The zero-order valence-electron chi connectivity index (χ0n) is 17.0. The fourth-order valence-electron chi connectivity index (χ4n) is 2.95. The van der Waals surface area contributed by atoms with E-state index in [1.807, 2.05) is 62.4 Å². The SMILES string of the molecule is CSC(=Nc1ccc(NCC2CCCCN2C(=O)OC(C)(C)C)cc1)NC#N. The Morgan fingerprint density at radius 1 is 1.36 bits per heavy atom. The molecule has 1 atom stereocenters. The van der Waals surface area contributed by atoms with Gasteiger partial charge in [0.2, 0.25) is 0 Å². The van der Waals surface area contributed by atoms with Crippen molar-refractivity contribution in [3.05, 3.63) is 24.3 Å². The number of likely N-dealkylation sites (tertiary alicyclic amines) is 1. The van der Waals surface area contributed by atoms with Crippen molar-refractivity contribution in [2.75, 3.05) is 24.7 Å². The number of piperidine rings is 1. The maximum Gasteiger partial charge on any atom is 0.410 e. The third-order valence-electron chi connectivity index (χ3n) is 4.25. The minimum atomic E-state index is -0.487. The average Bonchev–Trinajstić information content (AvgIpc) is 2.66. The van der Waals surface area contributed by atoms with Crippen LogP contribution in [0.15, 0.2) is 29.3 Å². The second-order valence-corrected chi connectivity index (χ2v) is 8.40. The van der Waals surface area contributed by atoms with Gasteiger partial charge in [-0.25, -0.2) is 9.79 Å². The summed E-state index contributed by atoms with van der Waals surface area (Å²) in [6, 6.07) is 7.80. The molecule has 1 unspecified atom stereocenters. The standard InChI is InChI=1S/C20H29N5O2S/c1-20(2,3)27-19(26)25-12-6-5-7-17(25)13-22-15-8-10-16(11-9-15)24-18(28-4)23-14-21/h8-11,17,22H,5-7,12-13H2,1-4H3,(H,23,24). The number of amidine groups is 1. The lowest BCUT2D eigenvalue weighted by Gasteiger charge is -2.37. The third-order valence-corrected chi connectivity index (χ3v) is 4.83. The van der Waals surface area contributed by atoms with Crippen molar-refractivity contribution in [2.24, 2.45) is 4.99 Å². The number of hydrogen-bond donors (Lipinski definition) is 2. The number of nitrogens with one attached hydrogen (secondary N) is 2. The number of benzene rings is 1. The molecule has 0 spiro atoms. The van der Waals surface area contributed by atoms with Gasteiger partial charge < -0.3 is 15.0 Å². The summed E-state index contributed by atoms with van der Waals surface area (Å²) in [6.07, 6.45) is 6.59. The van der Waals surface area contributed by atoms with E-state index in [0.29, 0.717) is 11.7 Å². The highest BCUT2D eigenvalue weighted by atomic mass is 32.2. The van der Waals surface area contributed by atoms with Gasteiger partial charge in [0.05, 0.1) is 11.7 Å². The average molecular weight is 404 g/mol. The summed E-state index contributed by atoms with van der Waals surface area (Å²) >= 11 is 1.38. The first-order chi connectivity index (χ1) is 13.3. The van der Waals surface area contributed by atoms with Crippen molar-refractivity contribution in [1.29, 1.82) is 5.26 Å². The van der Waals surface area contributed by atoms with Gasteiger partial charge in [0.25, 0.3) is 0 Å². The van der Waals surface area contributed by atoms with E-state index in [1.54, 1.807) is 0 Å². The van der Waals surface area contributed by atoms with Crippen LogP contribution in [0.4, 0.5) is 16.2 Å². The molecule has 1 saturated heterocycles. The summed E-state index contributed by atoms with van der Waals surface area (Å²) in [5.74, 6) is 0. The Labute approximate surface area is 171 Å². The van der Waals surface area contributed by atoms with Crippen LogP contribution in [0.2, 0.25) is 0 Å². The molecule has 0 radical (unpaired) electrons. The molecule has 152 valence electrons. The maximum absolute atomic E-state index is 12.5. The minimum absolute atomic E-state index is 0.115. The predicted octanol–water partition coefficient (Wildman–Crippen LogP) is 4.31. The first-order valence-electron chi connectivity index (χ1n) is 9.44. The van der Waals surface area contributed by atoms with E-state index in [2.05, 4.69) is 15.6 Å². The number of nitrogens with zero attached hydrogens (tertiary/aromatic N) is 3. The van der Waals surface area contributed by atoms with Gasteiger partial charge in [0.15, 0.2) is 11.4 Å². The molecule has 8 heteroatoms. The summed E-state index contributed by atoms with van der Waals surface area (Å²) in [5.41, 5.74) is 1.25. The van der Waals surface area contributed by atoms with Gasteiger partial charge in [-0.05, 0) is 70.6 Å². The molecular formula is C20H29N5O2S. The van der Waals surface area contributed by atoms with Crippen molar-refractivity contribution in [3.63, 3.8) is 0 Å². The van der Waals surface area contributed by atoms with Gasteiger partial charge in [-0.3, -0.25) is 5.32 Å². The van der Waals surface area contributed by atoms with Gasteiger partial charge in [-0.1, -0.05) is 11.8 Å². The maximum atomic E-state index is 12.5. The van der Waals surface area contributed by atoms with Crippen LogP contribution in [0, 0.1) is 11.5 Å². The van der Waals surface area contributed by atoms with E-state index in [4.69, 9.17) is 10.00 Å². The second-order valence-electron chi connectivity index (χ2n) is 7.61. The Balaban J connectivity index is 1.96. The molecule has 2 N–H and O–H groups in total. The Kier molecular flexibility index (Phi) is 8.00. The lowest BCUT2D eigenvalue weighted by Crippen LogP contribution is -2.48. The number of aliphatic imine (C=N–C) groups is 1. The number of rotatable bonds is 4. The smallest absolute Gasteiger partial charge is 0.410 e. The Bertz CT molecular complexity index is 722. The number of hydrogen-bond acceptors (Lipinski definition) is 6. The van der Waals surface area contributed by atoms with Crippen molar-refractivity contribution >= 4 is 34.4 Å². The summed E-state index contributed by atoms with van der Waals surface area (Å²) in [4.78, 5) is 18.7. The van der Waals surface area contributed by atoms with Crippen molar-refractivity contribution in [3.8, 4) is 6.19 Å². The zero-order chi connectivity index (χ0) is 20.6. The molecular weight excluding hydrogens is 374 g/mol. The summed E-state index contributed by atoms with van der Waals surface area (Å²) < 4.78 is 5.56. The molecule has 0 saturated carbocycles. The van der Waals surface area contributed by atoms with Crippen LogP contribution >= 0.6 is 11.8 Å². The number of anilines is 1. The lowest BCUT2D eigenvalue weighted by molar-refractivity contribution is 0.0114. The van der Waals surface area contributed by atoms with Crippen molar-refractivity contribution in [2.45, 2.75) is 51.7 Å². The topological polar surface area (TPSA) is 89.8 Å². The summed E-state index contributed by atoms with van der Waals surface area (Å²) in [7, 11) is 0. The van der Waals surface area contributed by atoms with Crippen LogP contribution in [-0.2, 0) is 4.74 Å². The van der Waals surface area contributed by atoms with Crippen molar-refractivity contribution < 1.29 is 9.53 Å². The molecule has 28 heavy (non-hydrogen) atoms. The summed E-state index contributed by atoms with van der Waals surface area (Å²) in [5, 5.41) is 15.2. The molecule has 1 aliphatic heterocycles. The largest absolute Gasteiger partial charge is 0.444 e. The number of nitriles is 1. The molecule has 2 rings (SSSR count). The third kappa shape index (κ3) is 6.97. The van der Waals surface area contributed by atoms with Gasteiger partial charge in [-0.15, -0.1) is 0 Å². The monoisotopic (exact) mass is 403 g/mol. The molecule has 7 nitrogen and oxygen atoms in total. The molecule has 1 aromatic carbocycles. The molecule has 0 aromatic heterocycles. The Morgan fingerprint density at radius 2 is 2.07 bits per heavy atom. The highest BCUT2D eigenvalue weighted by molar-refractivity contribution is 8.13. The lowest BCUT2D eigenvalue weighted by atomic mass is 10.0. The number of carbonyl (C=O) groups excluding carboxylic acids is 1. The quantitative estimate of drug-likeness (QED) is 0.337.